The van der Waals surface area contributed by atoms with Gasteiger partial charge in [-0.05, 0) is 38.3 Å². The van der Waals surface area contributed by atoms with Gasteiger partial charge in [-0.15, -0.1) is 9.24 Å². The third kappa shape index (κ3) is 2.57. The topological polar surface area (TPSA) is 26.0 Å². The van der Waals surface area contributed by atoms with Gasteiger partial charge in [0.1, 0.15) is 0 Å². The van der Waals surface area contributed by atoms with Crippen molar-refractivity contribution in [2.75, 3.05) is 6.16 Å². The molecule has 0 bridgehead atoms. The molecule has 3 atom stereocenters. The lowest BCUT2D eigenvalue weighted by Gasteiger charge is -2.32. The maximum atomic E-state index is 6.24. The van der Waals surface area contributed by atoms with E-state index in [0.29, 0.717) is 5.92 Å². The van der Waals surface area contributed by atoms with Crippen molar-refractivity contribution < 1.29 is 0 Å². The van der Waals surface area contributed by atoms with Gasteiger partial charge in [0.15, 0.2) is 0 Å². The summed E-state index contributed by atoms with van der Waals surface area (Å²) in [6, 6.07) is 0. The van der Waals surface area contributed by atoms with Crippen molar-refractivity contribution in [3.8, 4) is 0 Å². The standard InChI is InChI=1S/C10H20NP/c1-10(11)7-5-3-2-4-6-9(10)8-12/h4,6,9H,2-3,5,7-8,11-12H2,1H3. The van der Waals surface area contributed by atoms with Gasteiger partial charge in [-0.2, -0.15) is 0 Å². The first-order valence-electron chi connectivity index (χ1n) is 4.82. The zero-order chi connectivity index (χ0) is 9.03. The molecule has 12 heavy (non-hydrogen) atoms. The third-order valence-electron chi connectivity index (χ3n) is 2.81. The maximum absolute atomic E-state index is 6.24. The molecule has 0 spiro atoms. The molecule has 0 aromatic carbocycles. The fraction of sp³-hybridized carbons (Fsp3) is 0.800. The van der Waals surface area contributed by atoms with E-state index in [-0.39, 0.29) is 5.54 Å². The molecule has 0 saturated heterocycles. The highest BCUT2D eigenvalue weighted by Gasteiger charge is 2.26. The molecule has 0 radical (unpaired) electrons. The van der Waals surface area contributed by atoms with Crippen LogP contribution in [-0.4, -0.2) is 11.7 Å². The average molecular weight is 185 g/mol. The number of nitrogens with two attached hydrogens (primary N) is 1. The van der Waals surface area contributed by atoms with E-state index >= 15 is 0 Å². The van der Waals surface area contributed by atoms with E-state index in [4.69, 9.17) is 5.73 Å². The Morgan fingerprint density at radius 2 is 2.33 bits per heavy atom. The lowest BCUT2D eigenvalue weighted by Crippen LogP contribution is -2.44. The van der Waals surface area contributed by atoms with Crippen LogP contribution in [0.15, 0.2) is 12.2 Å². The molecule has 70 valence electrons. The molecule has 2 N–H and O–H groups in total. The molecule has 0 heterocycles. The van der Waals surface area contributed by atoms with E-state index in [1.807, 2.05) is 0 Å². The van der Waals surface area contributed by atoms with E-state index in [0.717, 1.165) is 12.6 Å². The molecule has 0 fully saturated rings. The molecule has 2 heteroatoms. The summed E-state index contributed by atoms with van der Waals surface area (Å²) >= 11 is 0. The van der Waals surface area contributed by atoms with Gasteiger partial charge < -0.3 is 5.73 Å². The fourth-order valence-corrected chi connectivity index (χ4v) is 2.48. The highest BCUT2D eigenvalue weighted by atomic mass is 31.0. The monoisotopic (exact) mass is 185 g/mol. The van der Waals surface area contributed by atoms with Crippen LogP contribution < -0.4 is 5.73 Å². The summed E-state index contributed by atoms with van der Waals surface area (Å²) < 4.78 is 0. The lowest BCUT2D eigenvalue weighted by molar-refractivity contribution is 0.332. The van der Waals surface area contributed by atoms with Gasteiger partial charge in [-0.1, -0.05) is 18.6 Å². The minimum Gasteiger partial charge on any atom is -0.325 e. The first-order chi connectivity index (χ1) is 5.67. The van der Waals surface area contributed by atoms with Gasteiger partial charge in [-0.3, -0.25) is 0 Å². The van der Waals surface area contributed by atoms with E-state index in [1.165, 1.54) is 19.3 Å². The van der Waals surface area contributed by atoms with Crippen LogP contribution in [0.3, 0.4) is 0 Å². The van der Waals surface area contributed by atoms with Crippen molar-refractivity contribution in [3.63, 3.8) is 0 Å². The molecule has 1 rings (SSSR count). The van der Waals surface area contributed by atoms with Crippen molar-refractivity contribution in [3.05, 3.63) is 12.2 Å². The summed E-state index contributed by atoms with van der Waals surface area (Å²) in [5.41, 5.74) is 6.25. The summed E-state index contributed by atoms with van der Waals surface area (Å²) in [5.74, 6) is 0.544. The Hall–Kier alpha value is 0.130. The van der Waals surface area contributed by atoms with E-state index < -0.39 is 0 Å². The fourth-order valence-electron chi connectivity index (χ4n) is 1.78. The van der Waals surface area contributed by atoms with Gasteiger partial charge in [0.25, 0.3) is 0 Å². The van der Waals surface area contributed by atoms with Gasteiger partial charge >= 0.3 is 0 Å². The van der Waals surface area contributed by atoms with E-state index in [9.17, 15) is 0 Å². The maximum Gasteiger partial charge on any atom is 0.0192 e. The normalized spacial score (nSPS) is 37.4. The zero-order valence-electron chi connectivity index (χ0n) is 7.92. The predicted molar refractivity (Wildman–Crippen MR) is 58.3 cm³/mol. The van der Waals surface area contributed by atoms with Crippen molar-refractivity contribution >= 4 is 9.24 Å². The average Bonchev–Trinajstić information content (AvgIpc) is 1.99. The summed E-state index contributed by atoms with van der Waals surface area (Å²) in [5, 5.41) is 0. The van der Waals surface area contributed by atoms with Crippen LogP contribution in [0.4, 0.5) is 0 Å². The minimum absolute atomic E-state index is 0.0126. The van der Waals surface area contributed by atoms with Crippen LogP contribution in [-0.2, 0) is 0 Å². The molecule has 1 aliphatic carbocycles. The van der Waals surface area contributed by atoms with Crippen LogP contribution >= 0.6 is 9.24 Å². The first kappa shape index (κ1) is 10.2. The van der Waals surface area contributed by atoms with Crippen LogP contribution in [0.5, 0.6) is 0 Å². The van der Waals surface area contributed by atoms with Crippen molar-refractivity contribution in [2.45, 2.75) is 38.1 Å². The van der Waals surface area contributed by atoms with E-state index in [1.54, 1.807) is 0 Å². The van der Waals surface area contributed by atoms with Gasteiger partial charge in [0.2, 0.25) is 0 Å². The molecule has 0 aromatic rings. The summed E-state index contributed by atoms with van der Waals surface area (Å²) in [6.45, 7) is 2.18. The minimum atomic E-state index is 0.0126. The molecular formula is C10H20NP. The van der Waals surface area contributed by atoms with Crippen LogP contribution in [0.2, 0.25) is 0 Å². The zero-order valence-corrected chi connectivity index (χ0v) is 9.08. The molecule has 0 aromatic heterocycles. The Balaban J connectivity index is 2.67. The summed E-state index contributed by atoms with van der Waals surface area (Å²) in [7, 11) is 2.80. The van der Waals surface area contributed by atoms with Gasteiger partial charge in [0, 0.05) is 5.54 Å². The second-order valence-corrected chi connectivity index (χ2v) is 4.49. The number of rotatable bonds is 1. The van der Waals surface area contributed by atoms with Crippen LogP contribution in [0.25, 0.3) is 0 Å². The predicted octanol–water partition coefficient (Wildman–Crippen LogP) is 2.33. The number of hydrogen-bond donors (Lipinski definition) is 1. The van der Waals surface area contributed by atoms with Gasteiger partial charge in [-0.25, -0.2) is 0 Å². The first-order valence-corrected chi connectivity index (χ1v) is 5.64. The third-order valence-corrected chi connectivity index (χ3v) is 3.31. The molecule has 0 aliphatic heterocycles. The number of allylic oxidation sites excluding steroid dienone is 1. The molecular weight excluding hydrogens is 165 g/mol. The summed E-state index contributed by atoms with van der Waals surface area (Å²) in [4.78, 5) is 0. The Morgan fingerprint density at radius 3 is 3.00 bits per heavy atom. The van der Waals surface area contributed by atoms with Gasteiger partial charge in [0.05, 0.1) is 0 Å². The highest BCUT2D eigenvalue weighted by molar-refractivity contribution is 7.16. The smallest absolute Gasteiger partial charge is 0.0192 e. The molecule has 1 aliphatic rings. The Kier molecular flexibility index (Phi) is 3.74. The number of hydrogen-bond acceptors (Lipinski definition) is 1. The quantitative estimate of drug-likeness (QED) is 0.492. The Labute approximate surface area is 78.0 Å². The lowest BCUT2D eigenvalue weighted by atomic mass is 9.81. The molecule has 1 nitrogen and oxygen atoms in total. The van der Waals surface area contributed by atoms with E-state index in [2.05, 4.69) is 28.3 Å². The highest BCUT2D eigenvalue weighted by Crippen LogP contribution is 2.26. The Morgan fingerprint density at radius 1 is 1.58 bits per heavy atom. The van der Waals surface area contributed by atoms with Crippen molar-refractivity contribution in [2.24, 2.45) is 11.7 Å². The van der Waals surface area contributed by atoms with Crippen LogP contribution in [0.1, 0.15) is 32.6 Å². The largest absolute Gasteiger partial charge is 0.325 e. The SMILES string of the molecule is CC1(N)CCCCC=CC1CP. The summed E-state index contributed by atoms with van der Waals surface area (Å²) in [6.07, 6.45) is 10.6. The second-order valence-electron chi connectivity index (χ2n) is 4.02. The Bertz CT molecular complexity index is 163. The molecule has 0 saturated carbocycles. The molecule has 3 unspecified atom stereocenters. The van der Waals surface area contributed by atoms with Crippen molar-refractivity contribution in [1.29, 1.82) is 0 Å². The van der Waals surface area contributed by atoms with Crippen molar-refractivity contribution in [1.82, 2.24) is 0 Å². The second kappa shape index (κ2) is 4.39. The molecule has 0 amide bonds. The van der Waals surface area contributed by atoms with Crippen LogP contribution in [0, 0.1) is 5.92 Å².